The van der Waals surface area contributed by atoms with Crippen molar-refractivity contribution in [3.8, 4) is 0 Å². The van der Waals surface area contributed by atoms with Gasteiger partial charge in [-0.25, -0.2) is 0 Å². The fourth-order valence-corrected chi connectivity index (χ4v) is 1.58. The molecule has 2 N–H and O–H groups in total. The van der Waals surface area contributed by atoms with Crippen LogP contribution in [0, 0.1) is 5.92 Å². The number of hydrogen-bond donors (Lipinski definition) is 1. The second kappa shape index (κ2) is 3.35. The molecule has 0 radical (unpaired) electrons. The molecule has 1 heterocycles. The molecule has 0 bridgehead atoms. The Morgan fingerprint density at radius 3 is 2.70 bits per heavy atom. The molecule has 1 rings (SSSR count). The van der Waals surface area contributed by atoms with Crippen molar-refractivity contribution in [3.63, 3.8) is 0 Å². The molecule has 60 valence electrons. The fraction of sp³-hybridized carbons (Fsp3) is 1.00. The summed E-state index contributed by atoms with van der Waals surface area (Å²) in [6.45, 7) is 7.98. The van der Waals surface area contributed by atoms with E-state index in [-0.39, 0.29) is 0 Å². The largest absolute Gasteiger partial charge is 0.328 e. The Hall–Kier alpha value is -0.0800. The summed E-state index contributed by atoms with van der Waals surface area (Å²) in [5, 5.41) is 0. The zero-order chi connectivity index (χ0) is 7.56. The molecule has 1 aliphatic heterocycles. The van der Waals surface area contributed by atoms with Crippen LogP contribution in [0.3, 0.4) is 0 Å². The average Bonchev–Trinajstić information content (AvgIpc) is 2.34. The lowest BCUT2D eigenvalue weighted by molar-refractivity contribution is 0.332. The van der Waals surface area contributed by atoms with Gasteiger partial charge in [0.2, 0.25) is 0 Å². The van der Waals surface area contributed by atoms with Crippen LogP contribution in [-0.4, -0.2) is 30.6 Å². The van der Waals surface area contributed by atoms with Gasteiger partial charge in [-0.2, -0.15) is 0 Å². The Labute approximate surface area is 63.4 Å². The molecular weight excluding hydrogens is 124 g/mol. The van der Waals surface area contributed by atoms with Gasteiger partial charge in [0.15, 0.2) is 0 Å². The lowest BCUT2D eigenvalue weighted by Crippen LogP contribution is -2.29. The highest BCUT2D eigenvalue weighted by atomic mass is 15.1. The Bertz CT molecular complexity index is 101. The highest BCUT2D eigenvalue weighted by Gasteiger charge is 2.23. The summed E-state index contributed by atoms with van der Waals surface area (Å²) in [6.07, 6.45) is 1.30. The van der Waals surface area contributed by atoms with Gasteiger partial charge in [0, 0.05) is 12.6 Å². The standard InChI is InChI=1S/C8H18N2/c1-3-10-5-4-8(6-10)7(2)9/h7-8H,3-6,9H2,1-2H3/t7-,8+/m0/s1. The quantitative estimate of drug-likeness (QED) is 0.614. The fourth-order valence-electron chi connectivity index (χ4n) is 1.58. The third kappa shape index (κ3) is 1.70. The van der Waals surface area contributed by atoms with Crippen molar-refractivity contribution in [2.75, 3.05) is 19.6 Å². The first-order valence-corrected chi connectivity index (χ1v) is 4.22. The summed E-state index contributed by atoms with van der Waals surface area (Å²) in [5.74, 6) is 0.750. The smallest absolute Gasteiger partial charge is 0.00514 e. The summed E-state index contributed by atoms with van der Waals surface area (Å²) >= 11 is 0. The van der Waals surface area contributed by atoms with E-state index in [4.69, 9.17) is 5.73 Å². The maximum Gasteiger partial charge on any atom is 0.00514 e. The topological polar surface area (TPSA) is 29.3 Å². The van der Waals surface area contributed by atoms with Gasteiger partial charge in [-0.05, 0) is 32.4 Å². The molecule has 0 aliphatic carbocycles. The lowest BCUT2D eigenvalue weighted by atomic mass is 10.0. The van der Waals surface area contributed by atoms with Crippen LogP contribution in [-0.2, 0) is 0 Å². The third-order valence-corrected chi connectivity index (χ3v) is 2.50. The molecule has 0 aromatic carbocycles. The third-order valence-electron chi connectivity index (χ3n) is 2.50. The Morgan fingerprint density at radius 1 is 1.70 bits per heavy atom. The average molecular weight is 142 g/mol. The van der Waals surface area contributed by atoms with E-state index in [0.717, 1.165) is 5.92 Å². The van der Waals surface area contributed by atoms with Crippen LogP contribution < -0.4 is 5.73 Å². The van der Waals surface area contributed by atoms with Crippen molar-refractivity contribution in [2.45, 2.75) is 26.3 Å². The number of rotatable bonds is 2. The first-order valence-electron chi connectivity index (χ1n) is 4.22. The van der Waals surface area contributed by atoms with Crippen LogP contribution in [0.2, 0.25) is 0 Å². The van der Waals surface area contributed by atoms with Crippen molar-refractivity contribution in [1.82, 2.24) is 4.90 Å². The molecular formula is C8H18N2. The van der Waals surface area contributed by atoms with Gasteiger partial charge < -0.3 is 10.6 Å². The molecule has 0 saturated carbocycles. The summed E-state index contributed by atoms with van der Waals surface area (Å²) in [7, 11) is 0. The summed E-state index contributed by atoms with van der Waals surface area (Å²) in [6, 6.07) is 0.386. The van der Waals surface area contributed by atoms with Crippen LogP contribution in [0.5, 0.6) is 0 Å². The molecule has 1 saturated heterocycles. The Balaban J connectivity index is 2.28. The van der Waals surface area contributed by atoms with Gasteiger partial charge >= 0.3 is 0 Å². The molecule has 0 amide bonds. The Kier molecular flexibility index (Phi) is 2.69. The van der Waals surface area contributed by atoms with Crippen LogP contribution in [0.15, 0.2) is 0 Å². The van der Waals surface area contributed by atoms with Crippen molar-refractivity contribution < 1.29 is 0 Å². The van der Waals surface area contributed by atoms with Crippen molar-refractivity contribution >= 4 is 0 Å². The van der Waals surface area contributed by atoms with Gasteiger partial charge in [-0.15, -0.1) is 0 Å². The second-order valence-electron chi connectivity index (χ2n) is 3.30. The Morgan fingerprint density at radius 2 is 2.40 bits per heavy atom. The molecule has 2 nitrogen and oxygen atoms in total. The van der Waals surface area contributed by atoms with Gasteiger partial charge in [0.25, 0.3) is 0 Å². The van der Waals surface area contributed by atoms with Gasteiger partial charge in [0.1, 0.15) is 0 Å². The number of likely N-dealkylation sites (tertiary alicyclic amines) is 1. The molecule has 10 heavy (non-hydrogen) atoms. The van der Waals surface area contributed by atoms with E-state index in [1.807, 2.05) is 0 Å². The van der Waals surface area contributed by atoms with Crippen LogP contribution in [0.1, 0.15) is 20.3 Å². The molecule has 1 aliphatic rings. The van der Waals surface area contributed by atoms with Gasteiger partial charge in [0.05, 0.1) is 0 Å². The van der Waals surface area contributed by atoms with Crippen LogP contribution in [0.4, 0.5) is 0 Å². The van der Waals surface area contributed by atoms with E-state index in [2.05, 4.69) is 18.7 Å². The van der Waals surface area contributed by atoms with Gasteiger partial charge in [-0.3, -0.25) is 0 Å². The van der Waals surface area contributed by atoms with E-state index in [0.29, 0.717) is 6.04 Å². The number of hydrogen-bond acceptors (Lipinski definition) is 2. The van der Waals surface area contributed by atoms with E-state index >= 15 is 0 Å². The second-order valence-corrected chi connectivity index (χ2v) is 3.30. The minimum Gasteiger partial charge on any atom is -0.328 e. The van der Waals surface area contributed by atoms with Gasteiger partial charge in [-0.1, -0.05) is 6.92 Å². The number of nitrogens with two attached hydrogens (primary N) is 1. The summed E-state index contributed by atoms with van der Waals surface area (Å²) in [4.78, 5) is 2.47. The van der Waals surface area contributed by atoms with Crippen LogP contribution >= 0.6 is 0 Å². The SMILES string of the molecule is CCN1CC[C@@H]([C@H](C)N)C1. The molecule has 0 aromatic heterocycles. The van der Waals surface area contributed by atoms with E-state index in [9.17, 15) is 0 Å². The maximum absolute atomic E-state index is 5.79. The zero-order valence-corrected chi connectivity index (χ0v) is 7.01. The van der Waals surface area contributed by atoms with Crippen LogP contribution in [0.25, 0.3) is 0 Å². The van der Waals surface area contributed by atoms with E-state index in [1.165, 1.54) is 26.1 Å². The minimum absolute atomic E-state index is 0.386. The molecule has 2 heteroatoms. The number of nitrogens with zero attached hydrogens (tertiary/aromatic N) is 1. The molecule has 0 spiro atoms. The van der Waals surface area contributed by atoms with Crippen molar-refractivity contribution in [1.29, 1.82) is 0 Å². The predicted molar refractivity (Wildman–Crippen MR) is 43.9 cm³/mol. The highest BCUT2D eigenvalue weighted by Crippen LogP contribution is 2.17. The van der Waals surface area contributed by atoms with E-state index in [1.54, 1.807) is 0 Å². The highest BCUT2D eigenvalue weighted by molar-refractivity contribution is 4.79. The maximum atomic E-state index is 5.79. The first kappa shape index (κ1) is 8.02. The zero-order valence-electron chi connectivity index (χ0n) is 7.01. The first-order chi connectivity index (χ1) is 4.74. The normalized spacial score (nSPS) is 30.9. The molecule has 0 unspecified atom stereocenters. The lowest BCUT2D eigenvalue weighted by Gasteiger charge is -2.15. The monoisotopic (exact) mass is 142 g/mol. The summed E-state index contributed by atoms with van der Waals surface area (Å²) < 4.78 is 0. The minimum atomic E-state index is 0.386. The molecule has 2 atom stereocenters. The molecule has 1 fully saturated rings. The van der Waals surface area contributed by atoms with Crippen molar-refractivity contribution in [2.24, 2.45) is 11.7 Å². The predicted octanol–water partition coefficient (Wildman–Crippen LogP) is 0.675. The summed E-state index contributed by atoms with van der Waals surface area (Å²) in [5.41, 5.74) is 5.79. The van der Waals surface area contributed by atoms with Crippen molar-refractivity contribution in [3.05, 3.63) is 0 Å². The van der Waals surface area contributed by atoms with E-state index < -0.39 is 0 Å². The molecule has 0 aromatic rings.